The van der Waals surface area contributed by atoms with Gasteiger partial charge in [-0.25, -0.2) is 0 Å². The summed E-state index contributed by atoms with van der Waals surface area (Å²) in [5.74, 6) is 1.00. The quantitative estimate of drug-likeness (QED) is 0.769. The third-order valence-electron chi connectivity index (χ3n) is 3.96. The predicted octanol–water partition coefficient (Wildman–Crippen LogP) is 3.80. The van der Waals surface area contributed by atoms with E-state index in [0.29, 0.717) is 5.78 Å². The Morgan fingerprint density at radius 1 is 1.35 bits per heavy atom. The van der Waals surface area contributed by atoms with Gasteiger partial charge in [0.15, 0.2) is 0 Å². The molecule has 0 saturated carbocycles. The van der Waals surface area contributed by atoms with Crippen LogP contribution in [-0.2, 0) is 17.6 Å². The first kappa shape index (κ1) is 12.3. The highest BCUT2D eigenvalue weighted by molar-refractivity contribution is 5.83. The van der Waals surface area contributed by atoms with Gasteiger partial charge >= 0.3 is 0 Å². The molecule has 0 aromatic heterocycles. The highest BCUT2D eigenvalue weighted by Gasteiger charge is 2.27. The fourth-order valence-corrected chi connectivity index (χ4v) is 2.92. The summed E-state index contributed by atoms with van der Waals surface area (Å²) in [5, 5.41) is 0. The van der Waals surface area contributed by atoms with Crippen LogP contribution >= 0.6 is 0 Å². The van der Waals surface area contributed by atoms with Gasteiger partial charge in [0, 0.05) is 11.8 Å². The molecule has 92 valence electrons. The molecule has 1 aromatic rings. The van der Waals surface area contributed by atoms with Crippen molar-refractivity contribution in [1.29, 1.82) is 0 Å². The van der Waals surface area contributed by atoms with E-state index >= 15 is 0 Å². The van der Waals surface area contributed by atoms with Crippen molar-refractivity contribution < 1.29 is 4.79 Å². The van der Waals surface area contributed by atoms with Crippen molar-refractivity contribution in [2.24, 2.45) is 11.8 Å². The van der Waals surface area contributed by atoms with Gasteiger partial charge in [0.25, 0.3) is 0 Å². The minimum atomic E-state index is 0.246. The van der Waals surface area contributed by atoms with E-state index in [4.69, 9.17) is 0 Å². The molecule has 1 aromatic carbocycles. The zero-order chi connectivity index (χ0) is 12.3. The average molecular weight is 230 g/mol. The summed E-state index contributed by atoms with van der Waals surface area (Å²) in [4.78, 5) is 12.3. The Morgan fingerprint density at radius 2 is 2.06 bits per heavy atom. The molecule has 0 heterocycles. The predicted molar refractivity (Wildman–Crippen MR) is 71.0 cm³/mol. The zero-order valence-electron chi connectivity index (χ0n) is 10.9. The van der Waals surface area contributed by atoms with Crippen molar-refractivity contribution in [3.05, 3.63) is 35.4 Å². The standard InChI is InChI=1S/C16H22O/c1-3-6-12(2)16(17)15-10-9-13-7-4-5-8-14(13)11-15/h4-5,7-8,12,15H,3,6,9-11H2,1-2H3. The number of rotatable bonds is 4. The molecule has 1 aliphatic rings. The third kappa shape index (κ3) is 2.77. The summed E-state index contributed by atoms with van der Waals surface area (Å²) in [6, 6.07) is 8.56. The number of fused-ring (bicyclic) bond motifs is 1. The van der Waals surface area contributed by atoms with Crippen LogP contribution in [0.4, 0.5) is 0 Å². The molecule has 0 aliphatic heterocycles. The van der Waals surface area contributed by atoms with E-state index in [9.17, 15) is 4.79 Å². The molecule has 0 amide bonds. The van der Waals surface area contributed by atoms with Crippen molar-refractivity contribution in [2.45, 2.75) is 46.0 Å². The lowest BCUT2D eigenvalue weighted by Gasteiger charge is -2.25. The Labute approximate surface area is 104 Å². The number of aryl methyl sites for hydroxylation is 1. The minimum Gasteiger partial charge on any atom is -0.299 e. The van der Waals surface area contributed by atoms with Crippen LogP contribution in [0.3, 0.4) is 0 Å². The molecule has 0 N–H and O–H groups in total. The fourth-order valence-electron chi connectivity index (χ4n) is 2.92. The van der Waals surface area contributed by atoms with Gasteiger partial charge in [0.05, 0.1) is 0 Å². The fraction of sp³-hybridized carbons (Fsp3) is 0.562. The molecule has 2 rings (SSSR count). The van der Waals surface area contributed by atoms with Crippen LogP contribution < -0.4 is 0 Å². The molecule has 0 bridgehead atoms. The van der Waals surface area contributed by atoms with Gasteiger partial charge in [-0.15, -0.1) is 0 Å². The van der Waals surface area contributed by atoms with Crippen LogP contribution in [0.1, 0.15) is 44.2 Å². The Hall–Kier alpha value is -1.11. The Kier molecular flexibility index (Phi) is 3.98. The van der Waals surface area contributed by atoms with Crippen LogP contribution in [0.15, 0.2) is 24.3 Å². The van der Waals surface area contributed by atoms with Crippen molar-refractivity contribution in [3.63, 3.8) is 0 Å². The van der Waals surface area contributed by atoms with Crippen molar-refractivity contribution in [2.75, 3.05) is 0 Å². The molecular weight excluding hydrogens is 208 g/mol. The second-order valence-electron chi connectivity index (χ2n) is 5.30. The van der Waals surface area contributed by atoms with E-state index in [0.717, 1.165) is 32.1 Å². The van der Waals surface area contributed by atoms with Gasteiger partial charge in [-0.2, -0.15) is 0 Å². The van der Waals surface area contributed by atoms with Crippen LogP contribution in [-0.4, -0.2) is 5.78 Å². The van der Waals surface area contributed by atoms with Crippen molar-refractivity contribution >= 4 is 5.78 Å². The summed E-state index contributed by atoms with van der Waals surface area (Å²) >= 11 is 0. The first-order valence-electron chi connectivity index (χ1n) is 6.83. The SMILES string of the molecule is CCCC(C)C(=O)C1CCc2ccccc2C1. The first-order valence-corrected chi connectivity index (χ1v) is 6.83. The molecule has 0 spiro atoms. The second kappa shape index (κ2) is 5.48. The van der Waals surface area contributed by atoms with E-state index in [1.165, 1.54) is 11.1 Å². The summed E-state index contributed by atoms with van der Waals surface area (Å²) in [5.41, 5.74) is 2.83. The largest absolute Gasteiger partial charge is 0.299 e. The normalized spacial score (nSPS) is 20.7. The smallest absolute Gasteiger partial charge is 0.139 e. The lowest BCUT2D eigenvalue weighted by molar-refractivity contribution is -0.126. The minimum absolute atomic E-state index is 0.246. The van der Waals surface area contributed by atoms with E-state index < -0.39 is 0 Å². The maximum atomic E-state index is 12.3. The highest BCUT2D eigenvalue weighted by Crippen LogP contribution is 2.28. The molecule has 1 nitrogen and oxygen atoms in total. The Balaban J connectivity index is 2.05. The molecule has 0 saturated heterocycles. The van der Waals surface area contributed by atoms with Crippen molar-refractivity contribution in [1.82, 2.24) is 0 Å². The molecule has 1 heteroatoms. The number of hydrogen-bond acceptors (Lipinski definition) is 1. The zero-order valence-corrected chi connectivity index (χ0v) is 10.9. The molecule has 17 heavy (non-hydrogen) atoms. The lowest BCUT2D eigenvalue weighted by Crippen LogP contribution is -2.27. The number of Topliss-reactive ketones (excluding diaryl/α,β-unsaturated/α-hetero) is 1. The van der Waals surface area contributed by atoms with Gasteiger partial charge < -0.3 is 0 Å². The van der Waals surface area contributed by atoms with Crippen LogP contribution in [0.2, 0.25) is 0 Å². The number of hydrogen-bond donors (Lipinski definition) is 0. The Morgan fingerprint density at radius 3 is 2.76 bits per heavy atom. The Bertz CT molecular complexity index is 394. The maximum Gasteiger partial charge on any atom is 0.139 e. The van der Waals surface area contributed by atoms with E-state index in [1.807, 2.05) is 0 Å². The molecule has 1 aliphatic carbocycles. The number of carbonyl (C=O) groups excluding carboxylic acids is 1. The van der Waals surface area contributed by atoms with Crippen LogP contribution in [0.5, 0.6) is 0 Å². The van der Waals surface area contributed by atoms with Gasteiger partial charge in [-0.1, -0.05) is 44.5 Å². The van der Waals surface area contributed by atoms with Crippen LogP contribution in [0, 0.1) is 11.8 Å². The van der Waals surface area contributed by atoms with Gasteiger partial charge in [0.1, 0.15) is 5.78 Å². The molecular formula is C16H22O. The monoisotopic (exact) mass is 230 g/mol. The highest BCUT2D eigenvalue weighted by atomic mass is 16.1. The molecule has 2 atom stereocenters. The summed E-state index contributed by atoms with van der Waals surface area (Å²) in [7, 11) is 0. The van der Waals surface area contributed by atoms with Crippen LogP contribution in [0.25, 0.3) is 0 Å². The van der Waals surface area contributed by atoms with E-state index in [2.05, 4.69) is 38.1 Å². The number of benzene rings is 1. The van der Waals surface area contributed by atoms with E-state index in [-0.39, 0.29) is 11.8 Å². The second-order valence-corrected chi connectivity index (χ2v) is 5.30. The lowest BCUT2D eigenvalue weighted by atomic mass is 9.78. The summed E-state index contributed by atoms with van der Waals surface area (Å²) < 4.78 is 0. The number of ketones is 1. The summed E-state index contributed by atoms with van der Waals surface area (Å²) in [6.45, 7) is 4.24. The molecule has 0 fully saturated rings. The average Bonchev–Trinajstić information content (AvgIpc) is 2.37. The maximum absolute atomic E-state index is 12.3. The van der Waals surface area contributed by atoms with Gasteiger partial charge in [-0.3, -0.25) is 4.79 Å². The summed E-state index contributed by atoms with van der Waals surface area (Å²) in [6.07, 6.45) is 5.23. The molecule has 0 radical (unpaired) electrons. The topological polar surface area (TPSA) is 17.1 Å². The van der Waals surface area contributed by atoms with Gasteiger partial charge in [0.2, 0.25) is 0 Å². The van der Waals surface area contributed by atoms with E-state index in [1.54, 1.807) is 0 Å². The van der Waals surface area contributed by atoms with Crippen molar-refractivity contribution in [3.8, 4) is 0 Å². The molecule has 2 unspecified atom stereocenters. The van der Waals surface area contributed by atoms with Gasteiger partial charge in [-0.05, 0) is 36.8 Å². The third-order valence-corrected chi connectivity index (χ3v) is 3.96. The first-order chi connectivity index (χ1) is 8.22. The number of carbonyl (C=O) groups is 1.